The van der Waals surface area contributed by atoms with E-state index in [0.29, 0.717) is 16.5 Å². The Labute approximate surface area is 232 Å². The molecule has 0 saturated heterocycles. The average Bonchev–Trinajstić information content (AvgIpc) is 3.56. The maximum atomic E-state index is 12.1. The fraction of sp³-hybridized carbons (Fsp3) is 0.172. The van der Waals surface area contributed by atoms with Gasteiger partial charge in [0.05, 0.1) is 31.9 Å². The highest BCUT2D eigenvalue weighted by atomic mass is 35.5. The molecule has 0 aliphatic heterocycles. The summed E-state index contributed by atoms with van der Waals surface area (Å²) in [5, 5.41) is 5.60. The molecule has 0 spiro atoms. The first-order valence-electron chi connectivity index (χ1n) is 12.2. The highest BCUT2D eigenvalue weighted by Gasteiger charge is 2.18. The lowest BCUT2D eigenvalue weighted by atomic mass is 10.2. The van der Waals surface area contributed by atoms with E-state index in [1.807, 2.05) is 65.6 Å². The van der Waals surface area contributed by atoms with E-state index >= 15 is 0 Å². The number of aromatic nitrogens is 3. The molecular weight excluding hydrogens is 536 g/mol. The second-order valence-corrected chi connectivity index (χ2v) is 12.5. The van der Waals surface area contributed by atoms with Crippen LogP contribution in [0.3, 0.4) is 0 Å². The Morgan fingerprint density at radius 3 is 2.42 bits per heavy atom. The largest absolute Gasteiger partial charge is 0.293 e. The van der Waals surface area contributed by atoms with Gasteiger partial charge >= 0.3 is 0 Å². The van der Waals surface area contributed by atoms with Crippen molar-refractivity contribution in [3.05, 3.63) is 108 Å². The summed E-state index contributed by atoms with van der Waals surface area (Å²) in [6.07, 6.45) is 4.85. The predicted octanol–water partition coefficient (Wildman–Crippen LogP) is 6.74. The van der Waals surface area contributed by atoms with E-state index in [9.17, 15) is 8.42 Å². The summed E-state index contributed by atoms with van der Waals surface area (Å²) in [5.74, 6) is 0. The Morgan fingerprint density at radius 2 is 1.68 bits per heavy atom. The van der Waals surface area contributed by atoms with Crippen LogP contribution in [0.2, 0.25) is 5.02 Å². The minimum atomic E-state index is -3.29. The first-order chi connectivity index (χ1) is 18.3. The highest BCUT2D eigenvalue weighted by molar-refractivity contribution is 7.90. The Hall–Kier alpha value is -3.30. The maximum absolute atomic E-state index is 12.1. The molecule has 5 aromatic rings. The van der Waals surface area contributed by atoms with Crippen molar-refractivity contribution < 1.29 is 8.42 Å². The molecule has 0 saturated carbocycles. The van der Waals surface area contributed by atoms with Gasteiger partial charge in [0, 0.05) is 36.6 Å². The summed E-state index contributed by atoms with van der Waals surface area (Å²) in [6, 6.07) is 25.0. The number of thiophene rings is 1. The molecule has 0 fully saturated rings. The van der Waals surface area contributed by atoms with Crippen LogP contribution in [0, 0.1) is 0 Å². The molecule has 0 atom stereocenters. The van der Waals surface area contributed by atoms with Crippen LogP contribution in [0.5, 0.6) is 0 Å². The first-order valence-corrected chi connectivity index (χ1v) is 15.3. The van der Waals surface area contributed by atoms with E-state index in [2.05, 4.69) is 28.9 Å². The van der Waals surface area contributed by atoms with E-state index in [1.54, 1.807) is 29.5 Å². The van der Waals surface area contributed by atoms with Crippen LogP contribution >= 0.6 is 22.9 Å². The molecule has 0 aliphatic rings. The summed E-state index contributed by atoms with van der Waals surface area (Å²) in [5.41, 5.74) is 4.74. The molecule has 3 heterocycles. The maximum Gasteiger partial charge on any atom is 0.175 e. The van der Waals surface area contributed by atoms with Crippen molar-refractivity contribution in [1.29, 1.82) is 0 Å². The van der Waals surface area contributed by atoms with Crippen molar-refractivity contribution in [3.8, 4) is 26.7 Å². The van der Waals surface area contributed by atoms with Crippen LogP contribution < -0.4 is 0 Å². The van der Waals surface area contributed by atoms with Crippen LogP contribution in [0.25, 0.3) is 26.7 Å². The van der Waals surface area contributed by atoms with Crippen LogP contribution in [0.15, 0.2) is 96.2 Å². The summed E-state index contributed by atoms with van der Waals surface area (Å²) in [7, 11) is -3.29. The van der Waals surface area contributed by atoms with Gasteiger partial charge in [0.1, 0.15) is 0 Å². The van der Waals surface area contributed by atoms with Crippen LogP contribution in [0.4, 0.5) is 0 Å². The van der Waals surface area contributed by atoms with Gasteiger partial charge in [-0.2, -0.15) is 5.10 Å². The van der Waals surface area contributed by atoms with E-state index < -0.39 is 9.84 Å². The van der Waals surface area contributed by atoms with Gasteiger partial charge in [0.2, 0.25) is 0 Å². The summed E-state index contributed by atoms with van der Waals surface area (Å²) < 4.78 is 26.1. The van der Waals surface area contributed by atoms with E-state index in [0.717, 1.165) is 45.5 Å². The lowest BCUT2D eigenvalue weighted by molar-refractivity contribution is 0.267. The molecule has 38 heavy (non-hydrogen) atoms. The summed E-state index contributed by atoms with van der Waals surface area (Å²) in [4.78, 5) is 8.75. The molecule has 2 aromatic carbocycles. The molecule has 0 aliphatic carbocycles. The van der Waals surface area contributed by atoms with Crippen molar-refractivity contribution in [3.63, 3.8) is 0 Å². The summed E-state index contributed by atoms with van der Waals surface area (Å²) >= 11 is 8.19. The molecule has 194 valence electrons. The molecule has 9 heteroatoms. The number of rotatable bonds is 9. The second kappa shape index (κ2) is 11.2. The Bertz CT molecular complexity index is 1660. The van der Waals surface area contributed by atoms with Crippen molar-refractivity contribution in [2.45, 2.75) is 24.9 Å². The SMILES string of the molecule is CCN(Cc1ccncc1)Cc1cc(-c2ccc(-c3cccc(S(C)(=O)=O)c3)s2)n(-c2ccccc2Cl)n1. The average molecular weight is 563 g/mol. The topological polar surface area (TPSA) is 68.1 Å². The number of pyridine rings is 1. The molecule has 0 N–H and O–H groups in total. The Balaban J connectivity index is 1.52. The van der Waals surface area contributed by atoms with Gasteiger partial charge in [-0.15, -0.1) is 11.3 Å². The molecule has 0 unspecified atom stereocenters. The smallest absolute Gasteiger partial charge is 0.175 e. The number of hydrogen-bond acceptors (Lipinski definition) is 6. The monoisotopic (exact) mass is 562 g/mol. The standard InChI is InChI=1S/C29H27ClN4O2S2/c1-3-33(19-21-13-15-31-16-14-21)20-23-18-27(34(32-23)26-10-5-4-9-25(26)30)29-12-11-28(37-29)22-7-6-8-24(17-22)38(2,35)36/h4-18H,3,19-20H2,1-2H3. The van der Waals surface area contributed by atoms with Crippen molar-refractivity contribution in [1.82, 2.24) is 19.7 Å². The third-order valence-corrected chi connectivity index (χ3v) is 8.82. The van der Waals surface area contributed by atoms with Crippen molar-refractivity contribution in [2.24, 2.45) is 0 Å². The van der Waals surface area contributed by atoms with Crippen LogP contribution in [-0.2, 0) is 22.9 Å². The molecule has 5 rings (SSSR count). The fourth-order valence-corrected chi connectivity index (χ4v) is 6.14. The molecule has 3 aromatic heterocycles. The van der Waals surface area contributed by atoms with E-state index in [1.165, 1.54) is 11.8 Å². The number of hydrogen-bond donors (Lipinski definition) is 0. The van der Waals surface area contributed by atoms with Crippen LogP contribution in [0.1, 0.15) is 18.2 Å². The third-order valence-electron chi connectivity index (χ3n) is 6.23. The van der Waals surface area contributed by atoms with Crippen LogP contribution in [-0.4, -0.2) is 40.9 Å². The van der Waals surface area contributed by atoms with Gasteiger partial charge in [-0.05, 0) is 72.3 Å². The normalized spacial score (nSPS) is 11.8. The Morgan fingerprint density at radius 1 is 0.921 bits per heavy atom. The predicted molar refractivity (Wildman–Crippen MR) is 154 cm³/mol. The summed E-state index contributed by atoms with van der Waals surface area (Å²) in [6.45, 7) is 4.49. The minimum absolute atomic E-state index is 0.308. The molecule has 0 radical (unpaired) electrons. The lowest BCUT2D eigenvalue weighted by Gasteiger charge is -2.19. The third kappa shape index (κ3) is 5.89. The number of nitrogens with zero attached hydrogens (tertiary/aromatic N) is 4. The number of benzene rings is 2. The molecule has 6 nitrogen and oxygen atoms in total. The second-order valence-electron chi connectivity index (χ2n) is 9.01. The van der Waals surface area contributed by atoms with E-state index in [4.69, 9.17) is 16.7 Å². The number of para-hydroxylation sites is 1. The van der Waals surface area contributed by atoms with Gasteiger partial charge in [0.25, 0.3) is 0 Å². The Kier molecular flexibility index (Phi) is 7.76. The minimum Gasteiger partial charge on any atom is -0.293 e. The van der Waals surface area contributed by atoms with Gasteiger partial charge in [-0.3, -0.25) is 9.88 Å². The van der Waals surface area contributed by atoms with Crippen molar-refractivity contribution >= 4 is 32.8 Å². The highest BCUT2D eigenvalue weighted by Crippen LogP contribution is 2.37. The quantitative estimate of drug-likeness (QED) is 0.199. The number of sulfone groups is 1. The van der Waals surface area contributed by atoms with Gasteiger partial charge < -0.3 is 0 Å². The van der Waals surface area contributed by atoms with Gasteiger partial charge in [0.15, 0.2) is 9.84 Å². The van der Waals surface area contributed by atoms with Gasteiger partial charge in [-0.1, -0.05) is 42.8 Å². The lowest BCUT2D eigenvalue weighted by Crippen LogP contribution is -2.22. The molecular formula is C29H27ClN4O2S2. The zero-order valence-electron chi connectivity index (χ0n) is 21.1. The fourth-order valence-electron chi connectivity index (χ4n) is 4.26. The molecule has 0 amide bonds. The number of halogens is 1. The van der Waals surface area contributed by atoms with Crippen molar-refractivity contribution in [2.75, 3.05) is 12.8 Å². The van der Waals surface area contributed by atoms with Gasteiger partial charge in [-0.25, -0.2) is 13.1 Å². The zero-order valence-corrected chi connectivity index (χ0v) is 23.5. The molecule has 0 bridgehead atoms. The first kappa shape index (κ1) is 26.3. The van der Waals surface area contributed by atoms with E-state index in [-0.39, 0.29) is 0 Å². The zero-order chi connectivity index (χ0) is 26.7.